The fourth-order valence-corrected chi connectivity index (χ4v) is 2.80. The Bertz CT molecular complexity index is 271. The van der Waals surface area contributed by atoms with Gasteiger partial charge >= 0.3 is 0 Å². The summed E-state index contributed by atoms with van der Waals surface area (Å²) in [7, 11) is 0. The lowest BCUT2D eigenvalue weighted by molar-refractivity contribution is 0.332. The summed E-state index contributed by atoms with van der Waals surface area (Å²) in [4.78, 5) is 0. The van der Waals surface area contributed by atoms with Crippen LogP contribution in [-0.2, 0) is 9.47 Å². The van der Waals surface area contributed by atoms with Crippen LogP contribution in [0.5, 0.6) is 0 Å². The minimum Gasteiger partial charge on any atom is -0.373 e. The van der Waals surface area contributed by atoms with Crippen LogP contribution in [0.2, 0.25) is 0 Å². The molecule has 2 heterocycles. The fourth-order valence-electron chi connectivity index (χ4n) is 2.80. The summed E-state index contributed by atoms with van der Waals surface area (Å²) in [5.74, 6) is 0. The number of hydrogen-bond donors (Lipinski definition) is 0. The van der Waals surface area contributed by atoms with E-state index in [1.165, 1.54) is 57.8 Å². The number of epoxide rings is 2. The van der Waals surface area contributed by atoms with Crippen molar-refractivity contribution in [1.29, 1.82) is 0 Å². The van der Waals surface area contributed by atoms with Crippen molar-refractivity contribution in [2.24, 2.45) is 0 Å². The van der Waals surface area contributed by atoms with E-state index >= 15 is 0 Å². The zero-order chi connectivity index (χ0) is 14.0. The molecule has 0 spiro atoms. The Morgan fingerprint density at radius 3 is 2.30 bits per heavy atom. The second-order valence-corrected chi connectivity index (χ2v) is 6.37. The molecule has 0 aromatic heterocycles. The second kappa shape index (κ2) is 9.57. The van der Waals surface area contributed by atoms with E-state index < -0.39 is 0 Å². The van der Waals surface area contributed by atoms with Crippen LogP contribution >= 0.6 is 0 Å². The summed E-state index contributed by atoms with van der Waals surface area (Å²) in [6.45, 7) is 3.24. The van der Waals surface area contributed by atoms with Gasteiger partial charge in [0, 0.05) is 6.42 Å². The molecule has 2 heteroatoms. The first-order chi connectivity index (χ1) is 9.90. The average molecular weight is 280 g/mol. The van der Waals surface area contributed by atoms with E-state index in [1.807, 2.05) is 0 Å². The van der Waals surface area contributed by atoms with Crippen LogP contribution in [0.15, 0.2) is 12.2 Å². The smallest absolute Gasteiger partial charge is 0.0877 e. The van der Waals surface area contributed by atoms with Gasteiger partial charge in [-0.1, -0.05) is 64.0 Å². The third-order valence-corrected chi connectivity index (χ3v) is 4.34. The highest BCUT2D eigenvalue weighted by Crippen LogP contribution is 2.33. The van der Waals surface area contributed by atoms with Crippen molar-refractivity contribution in [3.63, 3.8) is 0 Å². The molecule has 0 radical (unpaired) electrons. The van der Waals surface area contributed by atoms with Gasteiger partial charge in [0.2, 0.25) is 0 Å². The third-order valence-electron chi connectivity index (χ3n) is 4.34. The Hall–Kier alpha value is -0.340. The quantitative estimate of drug-likeness (QED) is 0.269. The van der Waals surface area contributed by atoms with E-state index in [0.717, 1.165) is 19.4 Å². The molecule has 0 N–H and O–H groups in total. The first kappa shape index (κ1) is 16.0. The molecule has 0 aromatic carbocycles. The summed E-state index contributed by atoms with van der Waals surface area (Å²) in [5.41, 5.74) is 0. The summed E-state index contributed by atoms with van der Waals surface area (Å²) >= 11 is 0. The lowest BCUT2D eigenvalue weighted by Crippen LogP contribution is -1.97. The second-order valence-electron chi connectivity index (χ2n) is 6.37. The van der Waals surface area contributed by atoms with Crippen LogP contribution in [0.25, 0.3) is 0 Å². The van der Waals surface area contributed by atoms with Gasteiger partial charge in [0.05, 0.1) is 24.9 Å². The molecule has 2 aliphatic rings. The van der Waals surface area contributed by atoms with Crippen molar-refractivity contribution in [1.82, 2.24) is 0 Å². The van der Waals surface area contributed by atoms with Crippen molar-refractivity contribution in [2.45, 2.75) is 95.9 Å². The molecule has 3 atom stereocenters. The molecule has 2 saturated heterocycles. The molecule has 0 aliphatic carbocycles. The van der Waals surface area contributed by atoms with E-state index in [4.69, 9.17) is 9.47 Å². The average Bonchev–Trinajstić information content (AvgIpc) is 3.36. The van der Waals surface area contributed by atoms with Gasteiger partial charge in [-0.2, -0.15) is 0 Å². The van der Waals surface area contributed by atoms with Crippen LogP contribution in [0, 0.1) is 0 Å². The first-order valence-corrected chi connectivity index (χ1v) is 8.82. The molecule has 2 aliphatic heterocycles. The lowest BCUT2D eigenvalue weighted by atomic mass is 10.1. The van der Waals surface area contributed by atoms with Gasteiger partial charge in [-0.25, -0.2) is 0 Å². The summed E-state index contributed by atoms with van der Waals surface area (Å²) in [6, 6.07) is 0. The first-order valence-electron chi connectivity index (χ1n) is 8.82. The van der Waals surface area contributed by atoms with Crippen molar-refractivity contribution < 1.29 is 9.47 Å². The van der Waals surface area contributed by atoms with E-state index in [0.29, 0.717) is 18.3 Å². The molecule has 0 bridgehead atoms. The molecule has 0 amide bonds. The lowest BCUT2D eigenvalue weighted by Gasteiger charge is -1.99. The van der Waals surface area contributed by atoms with Gasteiger partial charge in [-0.05, 0) is 19.3 Å². The molecular formula is C18H32O2. The van der Waals surface area contributed by atoms with Crippen LogP contribution in [-0.4, -0.2) is 24.9 Å². The molecule has 2 rings (SSSR count). The highest BCUT2D eigenvalue weighted by Gasteiger charge is 2.42. The monoisotopic (exact) mass is 280 g/mol. The molecule has 20 heavy (non-hydrogen) atoms. The van der Waals surface area contributed by atoms with Crippen molar-refractivity contribution >= 4 is 0 Å². The highest BCUT2D eigenvalue weighted by atomic mass is 16.6. The Balaban J connectivity index is 1.30. The maximum absolute atomic E-state index is 5.63. The Morgan fingerprint density at radius 2 is 1.60 bits per heavy atom. The number of ether oxygens (including phenoxy) is 2. The Kier molecular flexibility index (Phi) is 7.67. The predicted molar refractivity (Wildman–Crippen MR) is 84.0 cm³/mol. The number of hydrogen-bond acceptors (Lipinski definition) is 2. The van der Waals surface area contributed by atoms with Crippen LogP contribution in [0.4, 0.5) is 0 Å². The largest absolute Gasteiger partial charge is 0.373 e. The maximum Gasteiger partial charge on any atom is 0.0877 e. The molecular weight excluding hydrogens is 248 g/mol. The van der Waals surface area contributed by atoms with Crippen LogP contribution in [0.1, 0.15) is 77.6 Å². The Labute approximate surface area is 124 Å². The minimum absolute atomic E-state index is 0.494. The third kappa shape index (κ3) is 7.44. The zero-order valence-electron chi connectivity index (χ0n) is 13.2. The summed E-state index contributed by atoms with van der Waals surface area (Å²) < 4.78 is 10.8. The van der Waals surface area contributed by atoms with Crippen LogP contribution in [0.3, 0.4) is 0 Å². The van der Waals surface area contributed by atoms with E-state index in [9.17, 15) is 0 Å². The molecule has 2 nitrogen and oxygen atoms in total. The van der Waals surface area contributed by atoms with Gasteiger partial charge in [-0.3, -0.25) is 0 Å². The maximum atomic E-state index is 5.63. The normalized spacial score (nSPS) is 28.1. The predicted octanol–water partition coefficient (Wildman–Crippen LogP) is 5.02. The molecule has 0 saturated carbocycles. The van der Waals surface area contributed by atoms with E-state index in [2.05, 4.69) is 19.1 Å². The van der Waals surface area contributed by atoms with Gasteiger partial charge in [0.15, 0.2) is 0 Å². The van der Waals surface area contributed by atoms with Crippen molar-refractivity contribution in [2.75, 3.05) is 6.61 Å². The van der Waals surface area contributed by atoms with Crippen LogP contribution < -0.4 is 0 Å². The molecule has 0 aromatic rings. The fraction of sp³-hybridized carbons (Fsp3) is 0.889. The van der Waals surface area contributed by atoms with Gasteiger partial charge in [0.25, 0.3) is 0 Å². The van der Waals surface area contributed by atoms with E-state index in [-0.39, 0.29) is 0 Å². The summed E-state index contributed by atoms with van der Waals surface area (Å²) in [6.07, 6.45) is 20.9. The number of allylic oxidation sites excluding steroid dienone is 1. The molecule has 116 valence electrons. The number of rotatable bonds is 13. The summed E-state index contributed by atoms with van der Waals surface area (Å²) in [5, 5.41) is 0. The van der Waals surface area contributed by atoms with Crippen molar-refractivity contribution in [3.05, 3.63) is 12.2 Å². The van der Waals surface area contributed by atoms with Gasteiger partial charge in [-0.15, -0.1) is 0 Å². The van der Waals surface area contributed by atoms with E-state index in [1.54, 1.807) is 0 Å². The standard InChI is InChI=1S/C18H32O2/c1-2-3-4-5-6-7-8-9-10-11-12-13-17-18(20-17)14-16-15-19-16/h11-12,16-18H,2-10,13-15H2,1H3. The van der Waals surface area contributed by atoms with Crippen molar-refractivity contribution in [3.8, 4) is 0 Å². The highest BCUT2D eigenvalue weighted by molar-refractivity contribution is 4.96. The zero-order valence-corrected chi connectivity index (χ0v) is 13.2. The van der Waals surface area contributed by atoms with Gasteiger partial charge < -0.3 is 9.47 Å². The topological polar surface area (TPSA) is 25.1 Å². The Morgan fingerprint density at radius 1 is 0.900 bits per heavy atom. The SMILES string of the molecule is CCCCCCCCCCC=CCC1OC1CC1CO1. The molecule has 2 fully saturated rings. The minimum atomic E-state index is 0.494. The molecule has 3 unspecified atom stereocenters. The number of unbranched alkanes of at least 4 members (excludes halogenated alkanes) is 8. The van der Waals surface area contributed by atoms with Gasteiger partial charge in [0.1, 0.15) is 0 Å².